The van der Waals surface area contributed by atoms with Crippen LogP contribution in [0.1, 0.15) is 5.82 Å². The third kappa shape index (κ3) is 3.88. The van der Waals surface area contributed by atoms with Gasteiger partial charge < -0.3 is 4.74 Å². The molecule has 0 atom stereocenters. The largest absolute Gasteiger partial charge is 0.497 e. The first-order valence-electron chi connectivity index (χ1n) is 7.21. The van der Waals surface area contributed by atoms with E-state index in [1.807, 2.05) is 36.4 Å². The molecule has 0 unspecified atom stereocenters. The van der Waals surface area contributed by atoms with E-state index in [0.717, 1.165) is 17.1 Å². The van der Waals surface area contributed by atoms with Crippen molar-refractivity contribution in [3.8, 4) is 11.4 Å². The van der Waals surface area contributed by atoms with Crippen molar-refractivity contribution in [1.82, 2.24) is 20.2 Å². The van der Waals surface area contributed by atoms with Gasteiger partial charge in [0.15, 0.2) is 5.82 Å². The predicted octanol–water partition coefficient (Wildman–Crippen LogP) is 2.96. The number of nitrogens with one attached hydrogen (secondary N) is 1. The number of aromatic nitrogens is 4. The highest BCUT2D eigenvalue weighted by Crippen LogP contribution is 2.15. The highest BCUT2D eigenvalue weighted by atomic mass is 35.5. The summed E-state index contributed by atoms with van der Waals surface area (Å²) < 4.78 is 6.81. The molecule has 0 bridgehead atoms. The average Bonchev–Trinajstić information content (AvgIpc) is 3.09. The first kappa shape index (κ1) is 15.9. The van der Waals surface area contributed by atoms with Crippen molar-refractivity contribution >= 4 is 23.5 Å². The van der Waals surface area contributed by atoms with Gasteiger partial charge in [-0.2, -0.15) is 9.78 Å². The fraction of sp³-hybridized carbons (Fsp3) is 0.125. The second-order valence-corrected chi connectivity index (χ2v) is 5.28. The topological polar surface area (TPSA) is 77.2 Å². The maximum absolute atomic E-state index is 5.84. The summed E-state index contributed by atoms with van der Waals surface area (Å²) in [5.41, 5.74) is 4.63. The van der Waals surface area contributed by atoms with Gasteiger partial charge in [0.2, 0.25) is 0 Å². The molecule has 8 heteroatoms. The molecule has 0 saturated carbocycles. The van der Waals surface area contributed by atoms with Crippen LogP contribution in [0, 0.1) is 0 Å². The zero-order valence-electron chi connectivity index (χ0n) is 12.9. The van der Waals surface area contributed by atoms with E-state index in [1.165, 1.54) is 0 Å². The van der Waals surface area contributed by atoms with Crippen LogP contribution in [0.25, 0.3) is 5.69 Å². The minimum Gasteiger partial charge on any atom is -0.497 e. The van der Waals surface area contributed by atoms with Crippen LogP contribution in [0.4, 0.5) is 5.69 Å². The molecule has 7 nitrogen and oxygen atoms in total. The molecule has 0 saturated heterocycles. The van der Waals surface area contributed by atoms with Crippen LogP contribution >= 0.6 is 11.6 Å². The number of rotatable bonds is 6. The van der Waals surface area contributed by atoms with Gasteiger partial charge in [0.1, 0.15) is 5.75 Å². The lowest BCUT2D eigenvalue weighted by Crippen LogP contribution is -2.04. The van der Waals surface area contributed by atoms with Crippen molar-refractivity contribution in [2.75, 3.05) is 12.5 Å². The van der Waals surface area contributed by atoms with Crippen molar-refractivity contribution in [2.45, 2.75) is 6.42 Å². The fourth-order valence-electron chi connectivity index (χ4n) is 2.03. The summed E-state index contributed by atoms with van der Waals surface area (Å²) in [6.45, 7) is 0. The lowest BCUT2D eigenvalue weighted by Gasteiger charge is -2.04. The molecule has 3 rings (SSSR count). The minimum atomic E-state index is 0.486. The molecule has 0 aliphatic carbocycles. The van der Waals surface area contributed by atoms with E-state index in [-0.39, 0.29) is 0 Å². The van der Waals surface area contributed by atoms with Crippen LogP contribution in [0.2, 0.25) is 5.02 Å². The first-order chi connectivity index (χ1) is 11.8. The predicted molar refractivity (Wildman–Crippen MR) is 93.0 cm³/mol. The van der Waals surface area contributed by atoms with Gasteiger partial charge in [0, 0.05) is 17.7 Å². The van der Waals surface area contributed by atoms with Crippen molar-refractivity contribution in [3.05, 3.63) is 59.4 Å². The summed E-state index contributed by atoms with van der Waals surface area (Å²) in [5.74, 6) is 1.46. The Morgan fingerprint density at radius 1 is 1.17 bits per heavy atom. The summed E-state index contributed by atoms with van der Waals surface area (Å²) in [7, 11) is 1.63. The molecule has 122 valence electrons. The normalized spacial score (nSPS) is 10.9. The Morgan fingerprint density at radius 3 is 2.62 bits per heavy atom. The molecule has 1 aromatic heterocycles. The first-order valence-corrected chi connectivity index (χ1v) is 7.59. The van der Waals surface area contributed by atoms with Gasteiger partial charge in [0.05, 0.1) is 18.5 Å². The number of nitrogens with zero attached hydrogens (tertiary/aromatic N) is 5. The highest BCUT2D eigenvalue weighted by molar-refractivity contribution is 6.30. The van der Waals surface area contributed by atoms with Gasteiger partial charge in [0.25, 0.3) is 0 Å². The molecule has 0 aliphatic rings. The van der Waals surface area contributed by atoms with Gasteiger partial charge in [-0.25, -0.2) is 0 Å². The number of tetrazole rings is 1. The summed E-state index contributed by atoms with van der Waals surface area (Å²) in [6.07, 6.45) is 2.19. The van der Waals surface area contributed by atoms with Gasteiger partial charge in [-0.15, -0.1) is 5.10 Å². The molecule has 0 spiro atoms. The van der Waals surface area contributed by atoms with E-state index in [4.69, 9.17) is 16.3 Å². The summed E-state index contributed by atoms with van der Waals surface area (Å²) in [5, 5.41) is 16.6. The Hall–Kier alpha value is -2.93. The number of hydrogen-bond acceptors (Lipinski definition) is 6. The average molecular weight is 343 g/mol. The number of methoxy groups -OCH3 is 1. The number of hydrazone groups is 1. The van der Waals surface area contributed by atoms with Gasteiger partial charge in [-0.05, 0) is 59.0 Å². The van der Waals surface area contributed by atoms with Crippen LogP contribution in [0.3, 0.4) is 0 Å². The quantitative estimate of drug-likeness (QED) is 0.550. The molecular weight excluding hydrogens is 328 g/mol. The monoisotopic (exact) mass is 342 g/mol. The number of ether oxygens (including phenoxy) is 1. The maximum Gasteiger partial charge on any atom is 0.162 e. The summed E-state index contributed by atoms with van der Waals surface area (Å²) in [4.78, 5) is 0. The van der Waals surface area contributed by atoms with E-state index in [2.05, 4.69) is 26.1 Å². The molecule has 0 radical (unpaired) electrons. The van der Waals surface area contributed by atoms with E-state index in [9.17, 15) is 0 Å². The molecule has 3 aromatic rings. The zero-order chi connectivity index (χ0) is 16.8. The van der Waals surface area contributed by atoms with E-state index in [1.54, 1.807) is 30.1 Å². The summed E-state index contributed by atoms with van der Waals surface area (Å²) >= 11 is 5.84. The SMILES string of the molecule is COc1ccc(-n2nnnc2C/C=N/Nc2ccc(Cl)cc2)cc1. The number of benzene rings is 2. The van der Waals surface area contributed by atoms with Crippen LogP contribution in [-0.2, 0) is 6.42 Å². The van der Waals surface area contributed by atoms with E-state index >= 15 is 0 Å². The number of hydrogen-bond donors (Lipinski definition) is 1. The van der Waals surface area contributed by atoms with Crippen LogP contribution in [0.15, 0.2) is 53.6 Å². The zero-order valence-corrected chi connectivity index (χ0v) is 13.7. The number of halogens is 1. The fourth-order valence-corrected chi connectivity index (χ4v) is 2.15. The minimum absolute atomic E-state index is 0.486. The summed E-state index contributed by atoms with van der Waals surface area (Å²) in [6, 6.07) is 14.8. The Kier molecular flexibility index (Phi) is 5.02. The van der Waals surface area contributed by atoms with Crippen molar-refractivity contribution in [1.29, 1.82) is 0 Å². The van der Waals surface area contributed by atoms with Crippen molar-refractivity contribution < 1.29 is 4.74 Å². The molecule has 0 fully saturated rings. The molecule has 2 aromatic carbocycles. The Balaban J connectivity index is 1.64. The standard InChI is InChI=1S/C16H15ClN6O/c1-24-15-8-6-14(7-9-15)23-16(20-21-22-23)10-11-18-19-13-4-2-12(17)3-5-13/h2-9,11,19H,10H2,1H3/b18-11+. The molecule has 1 heterocycles. The third-order valence-corrected chi connectivity index (χ3v) is 3.51. The smallest absolute Gasteiger partial charge is 0.162 e. The lowest BCUT2D eigenvalue weighted by atomic mass is 10.3. The van der Waals surface area contributed by atoms with Crippen LogP contribution < -0.4 is 10.2 Å². The second-order valence-electron chi connectivity index (χ2n) is 4.84. The van der Waals surface area contributed by atoms with E-state index in [0.29, 0.717) is 17.3 Å². The van der Waals surface area contributed by atoms with E-state index < -0.39 is 0 Å². The molecular formula is C16H15ClN6O. The van der Waals surface area contributed by atoms with Gasteiger partial charge in [-0.3, -0.25) is 5.43 Å². The van der Waals surface area contributed by atoms with Gasteiger partial charge >= 0.3 is 0 Å². The van der Waals surface area contributed by atoms with Crippen molar-refractivity contribution in [3.63, 3.8) is 0 Å². The molecule has 0 aliphatic heterocycles. The Bertz CT molecular complexity index is 813. The van der Waals surface area contributed by atoms with Gasteiger partial charge in [-0.1, -0.05) is 11.6 Å². The number of anilines is 1. The molecule has 0 amide bonds. The second kappa shape index (κ2) is 7.56. The lowest BCUT2D eigenvalue weighted by molar-refractivity contribution is 0.414. The highest BCUT2D eigenvalue weighted by Gasteiger charge is 2.07. The maximum atomic E-state index is 5.84. The van der Waals surface area contributed by atoms with Crippen LogP contribution in [-0.4, -0.2) is 33.5 Å². The third-order valence-electron chi connectivity index (χ3n) is 3.25. The molecule has 1 N–H and O–H groups in total. The van der Waals surface area contributed by atoms with Crippen LogP contribution in [0.5, 0.6) is 5.75 Å². The molecule has 24 heavy (non-hydrogen) atoms. The van der Waals surface area contributed by atoms with Crippen molar-refractivity contribution in [2.24, 2.45) is 5.10 Å². The Labute approximate surface area is 143 Å². The Morgan fingerprint density at radius 2 is 1.92 bits per heavy atom.